The molecule has 0 radical (unpaired) electrons. The molecule has 0 bridgehead atoms. The van der Waals surface area contributed by atoms with Gasteiger partial charge in [-0.25, -0.2) is 4.79 Å². The number of rotatable bonds is 7. The molecule has 0 aromatic rings. The number of alkyl carbamates (subject to hydrolysis) is 1. The summed E-state index contributed by atoms with van der Waals surface area (Å²) in [6, 6.07) is -0.820. The van der Waals surface area contributed by atoms with Crippen LogP contribution in [0.25, 0.3) is 0 Å². The Kier molecular flexibility index (Phi) is 7.72. The van der Waals surface area contributed by atoms with Crippen LogP contribution in [0.3, 0.4) is 0 Å². The molecule has 0 spiro atoms. The molecule has 6 heteroatoms. The lowest BCUT2D eigenvalue weighted by atomic mass is 10.1. The van der Waals surface area contributed by atoms with E-state index in [2.05, 4.69) is 17.5 Å². The van der Waals surface area contributed by atoms with Crippen molar-refractivity contribution in [3.8, 4) is 0 Å². The van der Waals surface area contributed by atoms with E-state index < -0.39 is 18.1 Å². The number of aliphatic carboxylic acids is 1. The molecular weight excluding hydrogens is 260 g/mol. The summed E-state index contributed by atoms with van der Waals surface area (Å²) in [5, 5.41) is 11.3. The fraction of sp³-hybridized carbons (Fsp3) is 0.714. The highest BCUT2D eigenvalue weighted by Crippen LogP contribution is 2.14. The van der Waals surface area contributed by atoms with Crippen molar-refractivity contribution in [2.24, 2.45) is 5.73 Å². The maximum absolute atomic E-state index is 11.6. The van der Waals surface area contributed by atoms with Crippen LogP contribution in [0.1, 0.15) is 44.9 Å². The number of amides is 1. The number of carbonyl (C=O) groups is 2. The van der Waals surface area contributed by atoms with Crippen LogP contribution in [0.15, 0.2) is 12.2 Å². The number of allylic oxidation sites excluding steroid dienone is 1. The second-order valence-electron chi connectivity index (χ2n) is 5.03. The number of hydrogen-bond acceptors (Lipinski definition) is 4. The Morgan fingerprint density at radius 2 is 2.20 bits per heavy atom. The van der Waals surface area contributed by atoms with E-state index in [-0.39, 0.29) is 6.10 Å². The standard InChI is InChI=1S/C14H24N2O4/c15-12(13(17)18)9-5-6-10-16-14(19)20-11-7-3-1-2-4-8-11/h1,3,11-12H,2,4-10,15H2,(H,16,19)(H,17,18). The Morgan fingerprint density at radius 1 is 1.40 bits per heavy atom. The van der Waals surface area contributed by atoms with Crippen molar-refractivity contribution in [2.45, 2.75) is 57.1 Å². The third-order valence-electron chi connectivity index (χ3n) is 3.26. The van der Waals surface area contributed by atoms with E-state index >= 15 is 0 Å². The minimum absolute atomic E-state index is 0.0332. The molecule has 1 aliphatic carbocycles. The highest BCUT2D eigenvalue weighted by atomic mass is 16.6. The van der Waals surface area contributed by atoms with Crippen LogP contribution in [0, 0.1) is 0 Å². The van der Waals surface area contributed by atoms with Crippen LogP contribution in [0.5, 0.6) is 0 Å². The Bertz CT molecular complexity index is 344. The van der Waals surface area contributed by atoms with Crippen molar-refractivity contribution >= 4 is 12.1 Å². The highest BCUT2D eigenvalue weighted by molar-refractivity contribution is 5.72. The summed E-state index contributed by atoms with van der Waals surface area (Å²) in [5.74, 6) is -0.987. The van der Waals surface area contributed by atoms with E-state index in [0.29, 0.717) is 25.8 Å². The van der Waals surface area contributed by atoms with Gasteiger partial charge in [-0.3, -0.25) is 4.79 Å². The number of carboxylic acids is 1. The van der Waals surface area contributed by atoms with Crippen LogP contribution >= 0.6 is 0 Å². The number of nitrogens with two attached hydrogens (primary N) is 1. The predicted molar refractivity (Wildman–Crippen MR) is 75.3 cm³/mol. The molecule has 4 N–H and O–H groups in total. The molecule has 6 nitrogen and oxygen atoms in total. The zero-order chi connectivity index (χ0) is 14.8. The van der Waals surface area contributed by atoms with Crippen LogP contribution < -0.4 is 11.1 Å². The Labute approximate surface area is 119 Å². The lowest BCUT2D eigenvalue weighted by Gasteiger charge is -2.15. The van der Waals surface area contributed by atoms with Crippen molar-refractivity contribution in [1.82, 2.24) is 5.32 Å². The number of ether oxygens (including phenoxy) is 1. The third-order valence-corrected chi connectivity index (χ3v) is 3.26. The lowest BCUT2D eigenvalue weighted by molar-refractivity contribution is -0.138. The minimum Gasteiger partial charge on any atom is -0.480 e. The van der Waals surface area contributed by atoms with E-state index in [1.54, 1.807) is 0 Å². The van der Waals surface area contributed by atoms with Gasteiger partial charge in [0.15, 0.2) is 0 Å². The molecule has 1 amide bonds. The van der Waals surface area contributed by atoms with Crippen molar-refractivity contribution in [1.29, 1.82) is 0 Å². The molecule has 0 aromatic heterocycles. The van der Waals surface area contributed by atoms with Gasteiger partial charge in [0.25, 0.3) is 0 Å². The SMILES string of the molecule is NC(CCCCNC(=O)OC1CC=CCCC1)C(=O)O. The normalized spacial score (nSPS) is 19.9. The summed E-state index contributed by atoms with van der Waals surface area (Å²) < 4.78 is 5.32. The van der Waals surface area contributed by atoms with Gasteiger partial charge in [0.05, 0.1) is 0 Å². The van der Waals surface area contributed by atoms with E-state index in [1.807, 2.05) is 0 Å². The second kappa shape index (κ2) is 9.36. The fourth-order valence-corrected chi connectivity index (χ4v) is 2.05. The van der Waals surface area contributed by atoms with Gasteiger partial charge in [-0.1, -0.05) is 12.2 Å². The smallest absolute Gasteiger partial charge is 0.407 e. The summed E-state index contributed by atoms with van der Waals surface area (Å²) in [7, 11) is 0. The quantitative estimate of drug-likeness (QED) is 0.488. The van der Waals surface area contributed by atoms with Crippen molar-refractivity contribution in [2.75, 3.05) is 6.54 Å². The summed E-state index contributed by atoms with van der Waals surface area (Å²) in [6.07, 6.45) is 9.29. The molecule has 20 heavy (non-hydrogen) atoms. The number of unbranched alkanes of at least 4 members (excludes halogenated alkanes) is 1. The molecule has 2 unspecified atom stereocenters. The number of nitrogens with one attached hydrogen (secondary N) is 1. The molecule has 0 fully saturated rings. The molecular formula is C14H24N2O4. The Morgan fingerprint density at radius 3 is 2.95 bits per heavy atom. The topological polar surface area (TPSA) is 102 Å². The summed E-state index contributed by atoms with van der Waals surface area (Å²) >= 11 is 0. The van der Waals surface area contributed by atoms with Crippen molar-refractivity contribution < 1.29 is 19.4 Å². The summed E-state index contributed by atoms with van der Waals surface area (Å²) in [4.78, 5) is 22.1. The summed E-state index contributed by atoms with van der Waals surface area (Å²) in [5.41, 5.74) is 5.38. The van der Waals surface area contributed by atoms with Gasteiger partial charge in [-0.05, 0) is 38.5 Å². The molecule has 0 aliphatic heterocycles. The van der Waals surface area contributed by atoms with Gasteiger partial charge in [0.1, 0.15) is 12.1 Å². The van der Waals surface area contributed by atoms with Crippen LogP contribution in [0.4, 0.5) is 4.79 Å². The molecule has 0 saturated carbocycles. The van der Waals surface area contributed by atoms with Gasteiger partial charge >= 0.3 is 12.1 Å². The zero-order valence-corrected chi connectivity index (χ0v) is 11.7. The number of carbonyl (C=O) groups excluding carboxylic acids is 1. The first kappa shape index (κ1) is 16.5. The maximum Gasteiger partial charge on any atom is 0.407 e. The molecule has 2 atom stereocenters. The molecule has 114 valence electrons. The molecule has 1 rings (SSSR count). The Hall–Kier alpha value is -1.56. The maximum atomic E-state index is 11.6. The van der Waals surface area contributed by atoms with E-state index in [1.165, 1.54) is 0 Å². The van der Waals surface area contributed by atoms with E-state index in [0.717, 1.165) is 25.7 Å². The van der Waals surface area contributed by atoms with Crippen LogP contribution in [-0.4, -0.2) is 35.9 Å². The van der Waals surface area contributed by atoms with Crippen molar-refractivity contribution in [3.63, 3.8) is 0 Å². The summed E-state index contributed by atoms with van der Waals surface area (Å²) in [6.45, 7) is 0.480. The highest BCUT2D eigenvalue weighted by Gasteiger charge is 2.14. The third kappa shape index (κ3) is 7.13. The number of carboxylic acid groups (broad SMARTS) is 1. The Balaban J connectivity index is 2.05. The average molecular weight is 284 g/mol. The molecule has 1 aliphatic rings. The first-order valence-electron chi connectivity index (χ1n) is 7.17. The second-order valence-corrected chi connectivity index (χ2v) is 5.03. The minimum atomic E-state index is -0.987. The monoisotopic (exact) mass is 284 g/mol. The van der Waals surface area contributed by atoms with Gasteiger partial charge in [-0.15, -0.1) is 0 Å². The van der Waals surface area contributed by atoms with Gasteiger partial charge in [0, 0.05) is 13.0 Å². The average Bonchev–Trinajstić information content (AvgIpc) is 2.66. The van der Waals surface area contributed by atoms with Gasteiger partial charge < -0.3 is 20.9 Å². The first-order chi connectivity index (χ1) is 9.59. The lowest BCUT2D eigenvalue weighted by Crippen LogP contribution is -2.31. The van der Waals surface area contributed by atoms with Crippen molar-refractivity contribution in [3.05, 3.63) is 12.2 Å². The van der Waals surface area contributed by atoms with E-state index in [9.17, 15) is 9.59 Å². The molecule has 0 aromatic carbocycles. The number of hydrogen-bond donors (Lipinski definition) is 3. The van der Waals surface area contributed by atoms with Crippen LogP contribution in [-0.2, 0) is 9.53 Å². The first-order valence-corrected chi connectivity index (χ1v) is 7.17. The fourth-order valence-electron chi connectivity index (χ4n) is 2.05. The predicted octanol–water partition coefficient (Wildman–Crippen LogP) is 1.79. The van der Waals surface area contributed by atoms with Gasteiger partial charge in [0.2, 0.25) is 0 Å². The zero-order valence-electron chi connectivity index (χ0n) is 11.7. The van der Waals surface area contributed by atoms with Crippen LogP contribution in [0.2, 0.25) is 0 Å². The largest absolute Gasteiger partial charge is 0.480 e. The van der Waals surface area contributed by atoms with Gasteiger partial charge in [-0.2, -0.15) is 0 Å². The molecule has 0 saturated heterocycles. The van der Waals surface area contributed by atoms with E-state index in [4.69, 9.17) is 15.6 Å². The molecule has 0 heterocycles.